The van der Waals surface area contributed by atoms with Crippen molar-refractivity contribution in [3.05, 3.63) is 61.5 Å². The molecule has 2 heterocycles. The molecule has 1 aromatic carbocycles. The Kier molecular flexibility index (Phi) is 5.41. The molecule has 0 saturated heterocycles. The van der Waals surface area contributed by atoms with Crippen LogP contribution in [0.1, 0.15) is 18.1 Å². The van der Waals surface area contributed by atoms with Crippen molar-refractivity contribution >= 4 is 44.8 Å². The van der Waals surface area contributed by atoms with Crippen LogP contribution in [0, 0.1) is 11.3 Å². The maximum atomic E-state index is 8.87. The van der Waals surface area contributed by atoms with Crippen LogP contribution in [0.4, 0.5) is 0 Å². The second-order valence-electron chi connectivity index (χ2n) is 4.77. The number of hydrogen-bond acceptors (Lipinski definition) is 5. The summed E-state index contributed by atoms with van der Waals surface area (Å²) in [6.07, 6.45) is 1.79. The number of hydrogen-bond donors (Lipinski definition) is 0. The second kappa shape index (κ2) is 7.71. The zero-order valence-electron chi connectivity index (χ0n) is 12.8. The van der Waals surface area contributed by atoms with Crippen molar-refractivity contribution in [1.82, 2.24) is 4.68 Å². The van der Waals surface area contributed by atoms with Gasteiger partial charge in [0.25, 0.3) is 0 Å². The maximum absolute atomic E-state index is 8.87. The van der Waals surface area contributed by atoms with E-state index in [1.807, 2.05) is 29.8 Å². The minimum Gasteiger partial charge on any atom is -0.258 e. The predicted octanol–water partition coefficient (Wildman–Crippen LogP) is 4.72. The van der Waals surface area contributed by atoms with Crippen LogP contribution in [0.5, 0.6) is 0 Å². The minimum absolute atomic E-state index is 0.640. The Morgan fingerprint density at radius 1 is 1.25 bits per heavy atom. The molecule has 0 fully saturated rings. The van der Waals surface area contributed by atoms with Gasteiger partial charge in [-0.1, -0.05) is 12.1 Å². The molecule has 3 rings (SSSR count). The first-order chi connectivity index (χ1) is 11.7. The number of rotatable bonds is 4. The first-order valence-electron chi connectivity index (χ1n) is 7.22. The summed E-state index contributed by atoms with van der Waals surface area (Å²) in [6.45, 7) is 2.72. The van der Waals surface area contributed by atoms with Crippen LogP contribution in [0.3, 0.4) is 0 Å². The van der Waals surface area contributed by atoms with Gasteiger partial charge in [0, 0.05) is 11.9 Å². The molecule has 0 N–H and O–H groups in total. The molecule has 4 nitrogen and oxygen atoms in total. The normalized spacial score (nSPS) is 12.0. The van der Waals surface area contributed by atoms with Gasteiger partial charge in [0.05, 0.1) is 32.2 Å². The van der Waals surface area contributed by atoms with Crippen LogP contribution in [0.15, 0.2) is 55.7 Å². The van der Waals surface area contributed by atoms with Crippen molar-refractivity contribution in [1.29, 1.82) is 5.26 Å². The lowest BCUT2D eigenvalue weighted by atomic mass is 10.2. The molecule has 0 aliphatic rings. The average molecular weight is 417 g/mol. The minimum atomic E-state index is 0.640. The fourth-order valence-electron chi connectivity index (χ4n) is 2.05. The van der Waals surface area contributed by atoms with Gasteiger partial charge < -0.3 is 0 Å². The predicted molar refractivity (Wildman–Crippen MR) is 104 cm³/mol. The van der Waals surface area contributed by atoms with Crippen LogP contribution in [0.2, 0.25) is 0 Å². The lowest BCUT2D eigenvalue weighted by Crippen LogP contribution is -2.12. The molecule has 120 valence electrons. The number of halogens is 1. The van der Waals surface area contributed by atoms with Crippen molar-refractivity contribution in [2.75, 3.05) is 6.54 Å². The molecule has 7 heteroatoms. The van der Waals surface area contributed by atoms with E-state index in [1.165, 1.54) is 0 Å². The molecular formula is C17H13BrN4S2. The average Bonchev–Trinajstić information content (AvgIpc) is 3.20. The molecule has 0 unspecified atom stereocenters. The SMILES string of the molecule is CCN=c1scc(-c2ccc(Br)s2)n1/N=C/c1ccc(C#N)cc1. The zero-order valence-corrected chi connectivity index (χ0v) is 16.0. The van der Waals surface area contributed by atoms with E-state index >= 15 is 0 Å². The summed E-state index contributed by atoms with van der Waals surface area (Å²) in [4.78, 5) is 6.51. The van der Waals surface area contributed by atoms with E-state index in [9.17, 15) is 0 Å². The van der Waals surface area contributed by atoms with Crippen molar-refractivity contribution in [3.63, 3.8) is 0 Å². The lowest BCUT2D eigenvalue weighted by Gasteiger charge is -2.01. The first-order valence-corrected chi connectivity index (χ1v) is 9.71. The fourth-order valence-corrected chi connectivity index (χ4v) is 4.40. The molecule has 0 radical (unpaired) electrons. The Labute approximate surface area is 156 Å². The Balaban J connectivity index is 2.01. The molecule has 0 saturated carbocycles. The third-order valence-electron chi connectivity index (χ3n) is 3.17. The molecule has 24 heavy (non-hydrogen) atoms. The molecule has 0 aliphatic carbocycles. The Bertz CT molecular complexity index is 971. The largest absolute Gasteiger partial charge is 0.258 e. The standard InChI is InChI=1S/C17H13BrN4S2/c1-2-20-17-22(14(11-23-17)15-7-8-16(18)24-15)21-10-13-5-3-12(9-19)4-6-13/h3-8,10-11H,2H2,1H3/b20-17?,21-10+. The van der Waals surface area contributed by atoms with Gasteiger partial charge in [-0.25, -0.2) is 4.68 Å². The van der Waals surface area contributed by atoms with E-state index in [4.69, 9.17) is 5.26 Å². The van der Waals surface area contributed by atoms with Crippen LogP contribution >= 0.6 is 38.6 Å². The van der Waals surface area contributed by atoms with Gasteiger partial charge in [-0.2, -0.15) is 10.4 Å². The van der Waals surface area contributed by atoms with Gasteiger partial charge >= 0.3 is 0 Å². The first kappa shape index (κ1) is 16.8. The molecule has 0 bridgehead atoms. The van der Waals surface area contributed by atoms with Gasteiger partial charge in [0.2, 0.25) is 4.80 Å². The summed E-state index contributed by atoms with van der Waals surface area (Å²) in [5.74, 6) is 0. The number of nitriles is 1. The van der Waals surface area contributed by atoms with Crippen LogP contribution in [-0.4, -0.2) is 17.4 Å². The number of aromatic nitrogens is 1. The van der Waals surface area contributed by atoms with Crippen molar-refractivity contribution < 1.29 is 0 Å². The highest BCUT2D eigenvalue weighted by Crippen LogP contribution is 2.31. The van der Waals surface area contributed by atoms with E-state index in [-0.39, 0.29) is 0 Å². The van der Waals surface area contributed by atoms with Gasteiger partial charge in [0.1, 0.15) is 0 Å². The third kappa shape index (κ3) is 3.73. The van der Waals surface area contributed by atoms with Crippen molar-refractivity contribution in [3.8, 4) is 16.6 Å². The summed E-state index contributed by atoms with van der Waals surface area (Å²) in [5, 5.41) is 15.6. The highest BCUT2D eigenvalue weighted by Gasteiger charge is 2.09. The summed E-state index contributed by atoms with van der Waals surface area (Å²) in [5.41, 5.74) is 2.60. The van der Waals surface area contributed by atoms with Gasteiger partial charge in [-0.05, 0) is 52.7 Å². The molecule has 2 aromatic heterocycles. The summed E-state index contributed by atoms with van der Waals surface area (Å²) in [6, 6.07) is 13.6. The molecule has 0 spiro atoms. The summed E-state index contributed by atoms with van der Waals surface area (Å²) in [7, 11) is 0. The number of thiophene rings is 1. The third-order valence-corrected chi connectivity index (χ3v) is 5.67. The van der Waals surface area contributed by atoms with Gasteiger partial charge in [-0.15, -0.1) is 22.7 Å². The Hall–Kier alpha value is -2.01. The van der Waals surface area contributed by atoms with E-state index in [1.54, 1.807) is 41.0 Å². The lowest BCUT2D eigenvalue weighted by molar-refractivity contribution is 0.834. The van der Waals surface area contributed by atoms with Gasteiger partial charge in [0.15, 0.2) is 0 Å². The van der Waals surface area contributed by atoms with Crippen LogP contribution in [0.25, 0.3) is 10.6 Å². The Morgan fingerprint density at radius 2 is 2.04 bits per heavy atom. The van der Waals surface area contributed by atoms with E-state index in [2.05, 4.69) is 43.5 Å². The van der Waals surface area contributed by atoms with Crippen LogP contribution < -0.4 is 4.80 Å². The number of nitrogens with zero attached hydrogens (tertiary/aromatic N) is 4. The highest BCUT2D eigenvalue weighted by molar-refractivity contribution is 9.11. The van der Waals surface area contributed by atoms with E-state index < -0.39 is 0 Å². The molecular weight excluding hydrogens is 404 g/mol. The second-order valence-corrected chi connectivity index (χ2v) is 8.07. The van der Waals surface area contributed by atoms with Crippen molar-refractivity contribution in [2.45, 2.75) is 6.92 Å². The summed E-state index contributed by atoms with van der Waals surface area (Å²) >= 11 is 6.75. The highest BCUT2D eigenvalue weighted by atomic mass is 79.9. The Morgan fingerprint density at radius 3 is 2.67 bits per heavy atom. The summed E-state index contributed by atoms with van der Waals surface area (Å²) < 4.78 is 2.95. The molecule has 0 atom stereocenters. The van der Waals surface area contributed by atoms with Crippen molar-refractivity contribution in [2.24, 2.45) is 10.1 Å². The topological polar surface area (TPSA) is 53.4 Å². The molecule has 0 amide bonds. The zero-order chi connectivity index (χ0) is 16.9. The number of benzene rings is 1. The van der Waals surface area contributed by atoms with Gasteiger partial charge in [-0.3, -0.25) is 4.99 Å². The quantitative estimate of drug-likeness (QED) is 0.567. The smallest absolute Gasteiger partial charge is 0.206 e. The fraction of sp³-hybridized carbons (Fsp3) is 0.118. The molecule has 0 aliphatic heterocycles. The molecule has 3 aromatic rings. The monoisotopic (exact) mass is 416 g/mol. The van der Waals surface area contributed by atoms with E-state index in [0.29, 0.717) is 12.1 Å². The van der Waals surface area contributed by atoms with E-state index in [0.717, 1.165) is 24.7 Å². The maximum Gasteiger partial charge on any atom is 0.206 e. The number of thiazole rings is 1. The van der Waals surface area contributed by atoms with Crippen LogP contribution in [-0.2, 0) is 0 Å².